The van der Waals surface area contributed by atoms with Crippen molar-refractivity contribution in [1.29, 1.82) is 0 Å². The maximum Gasteiger partial charge on any atom is 0.326 e. The van der Waals surface area contributed by atoms with Crippen LogP contribution in [0, 0.1) is 0 Å². The van der Waals surface area contributed by atoms with Crippen molar-refractivity contribution in [3.63, 3.8) is 0 Å². The third-order valence-electron chi connectivity index (χ3n) is 20.5. The number of phenolic OH excluding ortho intramolecular Hbond substituents is 2. The number of carbonyl (C=O) groups excluding carboxylic acids is 14. The van der Waals surface area contributed by atoms with Gasteiger partial charge in [0.1, 0.15) is 84.0 Å². The Morgan fingerprint density at radius 1 is 0.362 bits per heavy atom. The number of carbonyl (C=O) groups is 15. The number of hydrogen-bond acceptors (Lipinski definition) is 23. The second kappa shape index (κ2) is 50.9. The number of aromatic amines is 1. The fraction of sp³-hybridized carbons (Fsp3) is 0.398. The molecule has 14 amide bonds. The first-order valence-electron chi connectivity index (χ1n) is 41.4. The number of unbranched alkanes of at least 4 members (excludes halogenated alkanes) is 2. The van der Waals surface area contributed by atoms with Gasteiger partial charge in [0.2, 0.25) is 82.7 Å². The van der Waals surface area contributed by atoms with Gasteiger partial charge >= 0.3 is 5.97 Å². The molecule has 7 rings (SSSR count). The molecule has 39 heteroatoms. The Hall–Kier alpha value is -13.7. The molecule has 1 aromatic heterocycles. The number of carboxylic acids is 1. The molecule has 6 aromatic carbocycles. The van der Waals surface area contributed by atoms with E-state index in [2.05, 4.69) is 74.1 Å². The molecular formula is C88H114N18O21. The number of phenols is 2. The number of rotatable bonds is 52. The quantitative estimate of drug-likeness (QED) is 0.0165. The van der Waals surface area contributed by atoms with Crippen LogP contribution < -0.4 is 92.1 Å². The zero-order chi connectivity index (χ0) is 92.8. The number of para-hydroxylation sites is 1. The number of nitrogens with one attached hydrogen (secondary N) is 14. The summed E-state index contributed by atoms with van der Waals surface area (Å²) in [6.07, 6.45) is -3.80. The third kappa shape index (κ3) is 33.0. The minimum atomic E-state index is -1.94. The van der Waals surface area contributed by atoms with Crippen LogP contribution in [-0.4, -0.2) is 241 Å². The number of carboxylic acid groups (broad SMARTS) is 1. The number of aliphatic hydroxyl groups is 3. The Bertz CT molecular complexity index is 4850. The van der Waals surface area contributed by atoms with E-state index in [0.717, 1.165) is 13.8 Å². The summed E-state index contributed by atoms with van der Waals surface area (Å²) in [7, 11) is 0. The van der Waals surface area contributed by atoms with Crippen molar-refractivity contribution in [2.75, 3.05) is 26.2 Å². The third-order valence-corrected chi connectivity index (χ3v) is 20.5. The molecule has 0 fully saturated rings. The maximum absolute atomic E-state index is 15.5. The number of H-pyrrole nitrogens is 1. The first-order chi connectivity index (χ1) is 60.6. The smallest absolute Gasteiger partial charge is 0.326 e. The lowest BCUT2D eigenvalue weighted by molar-refractivity contribution is -0.142. The van der Waals surface area contributed by atoms with Crippen molar-refractivity contribution >= 4 is 99.6 Å². The van der Waals surface area contributed by atoms with Gasteiger partial charge in [-0.3, -0.25) is 67.1 Å². The zero-order valence-corrected chi connectivity index (χ0v) is 70.5. The Labute approximate surface area is 732 Å². The highest BCUT2D eigenvalue weighted by molar-refractivity contribution is 6.01. The van der Waals surface area contributed by atoms with Gasteiger partial charge in [-0.05, 0) is 136 Å². The molecular weight excluding hydrogens is 1650 g/mol. The van der Waals surface area contributed by atoms with Crippen molar-refractivity contribution in [3.05, 3.63) is 203 Å². The second-order valence-corrected chi connectivity index (χ2v) is 30.8. The van der Waals surface area contributed by atoms with Crippen molar-refractivity contribution < 1.29 is 103 Å². The van der Waals surface area contributed by atoms with Crippen molar-refractivity contribution in [1.82, 2.24) is 74.1 Å². The number of primary amides is 1. The normalized spacial score (nSPS) is 14.7. The van der Waals surface area contributed by atoms with E-state index in [0.29, 0.717) is 50.7 Å². The first-order valence-corrected chi connectivity index (χ1v) is 41.4. The van der Waals surface area contributed by atoms with Gasteiger partial charge in [0.05, 0.1) is 37.8 Å². The lowest BCUT2D eigenvalue weighted by Gasteiger charge is -2.29. The van der Waals surface area contributed by atoms with E-state index in [1.54, 1.807) is 121 Å². The van der Waals surface area contributed by atoms with Gasteiger partial charge in [-0.2, -0.15) is 0 Å². The van der Waals surface area contributed by atoms with Gasteiger partial charge in [-0.1, -0.05) is 133 Å². The number of hydrogen-bond donors (Lipinski definition) is 24. The second-order valence-electron chi connectivity index (χ2n) is 30.8. The fourth-order valence-corrected chi connectivity index (χ4v) is 13.5. The number of aliphatic hydroxyl groups excluding tert-OH is 3. The lowest BCUT2D eigenvalue weighted by Crippen LogP contribution is -2.63. The Morgan fingerprint density at radius 2 is 0.685 bits per heavy atom. The molecule has 1 heterocycles. The number of aliphatic carboxylic acids is 1. The summed E-state index contributed by atoms with van der Waals surface area (Å²) in [6.45, 7) is 2.20. The minimum Gasteiger partial charge on any atom is -0.508 e. The van der Waals surface area contributed by atoms with E-state index >= 15 is 14.4 Å². The lowest BCUT2D eigenvalue weighted by atomic mass is 10.00. The Balaban J connectivity index is 1.15. The first kappa shape index (κ1) is 100. The Kier molecular flexibility index (Phi) is 40.2. The van der Waals surface area contributed by atoms with E-state index in [9.17, 15) is 88.2 Å². The van der Waals surface area contributed by atoms with Gasteiger partial charge in [-0.15, -0.1) is 0 Å². The number of nitrogens with two attached hydrogens (primary N) is 4. The molecule has 127 heavy (non-hydrogen) atoms. The summed E-state index contributed by atoms with van der Waals surface area (Å²) in [4.78, 5) is 216. The summed E-state index contributed by atoms with van der Waals surface area (Å²) in [5.74, 6) is -16.2. The largest absolute Gasteiger partial charge is 0.508 e. The molecule has 0 aliphatic rings. The van der Waals surface area contributed by atoms with Crippen molar-refractivity contribution in [2.24, 2.45) is 22.9 Å². The van der Waals surface area contributed by atoms with Crippen molar-refractivity contribution in [2.45, 2.75) is 195 Å². The maximum atomic E-state index is 15.5. The number of benzene rings is 6. The molecule has 28 N–H and O–H groups in total. The monoisotopic (exact) mass is 1760 g/mol. The van der Waals surface area contributed by atoms with E-state index in [-0.39, 0.29) is 95.2 Å². The van der Waals surface area contributed by atoms with E-state index in [1.807, 2.05) is 0 Å². The predicted molar refractivity (Wildman–Crippen MR) is 464 cm³/mol. The van der Waals surface area contributed by atoms with Crippen LogP contribution in [0.4, 0.5) is 0 Å². The van der Waals surface area contributed by atoms with Crippen LogP contribution in [0.3, 0.4) is 0 Å². The van der Waals surface area contributed by atoms with Crippen LogP contribution in [0.25, 0.3) is 10.9 Å². The SMILES string of the molecule is CC(O)[C@H](NC(=O)[C@H](Cc1ccccc1)NC(=O)[C@@H](NC(=O)[C@H](CCCCN)NC(=O)[C@H](Cc1c[nH]c2ccccc12)NC(=O)[C@H](Cc1ccccc1)NC(=O)[C@H](Cc1ccccc1)NC(=O)[C@H](CC(N)=O)NC(=O)[C@H](CCCCN)NC(=O)[C@H](Cc1ccc(O)cc1)NC(=O)CNC(=O)[C@H](C)N)C(C)O)C(=O)N[C@@H](CO)C(=O)N[C@@H](Cc1ccc(O)cc1)C(=O)O. The van der Waals surface area contributed by atoms with Crippen LogP contribution in [0.5, 0.6) is 11.5 Å². The van der Waals surface area contributed by atoms with E-state index in [4.69, 9.17) is 22.9 Å². The summed E-state index contributed by atoms with van der Waals surface area (Å²) in [6, 6.07) is 21.4. The fourth-order valence-electron chi connectivity index (χ4n) is 13.5. The van der Waals surface area contributed by atoms with Gasteiger partial charge in [0.15, 0.2) is 0 Å². The average Bonchev–Trinajstić information content (AvgIpc) is 1.75. The highest BCUT2D eigenvalue weighted by Gasteiger charge is 2.40. The summed E-state index contributed by atoms with van der Waals surface area (Å²) < 4.78 is 0. The topological polar surface area (TPSA) is 654 Å². The summed E-state index contributed by atoms with van der Waals surface area (Å²) >= 11 is 0. The van der Waals surface area contributed by atoms with Gasteiger partial charge < -0.3 is 128 Å². The molecule has 7 aromatic rings. The average molecular weight is 1760 g/mol. The van der Waals surface area contributed by atoms with Gasteiger partial charge in [0, 0.05) is 55.6 Å². The van der Waals surface area contributed by atoms with Crippen molar-refractivity contribution in [3.8, 4) is 11.5 Å². The summed E-state index contributed by atoms with van der Waals surface area (Å²) in [5, 5.41) is 95.6. The molecule has 0 spiro atoms. The molecule has 0 saturated heterocycles. The molecule has 0 bridgehead atoms. The summed E-state index contributed by atoms with van der Waals surface area (Å²) in [5.41, 5.74) is 26.4. The number of aromatic hydroxyl groups is 2. The molecule has 0 aliphatic heterocycles. The Morgan fingerprint density at radius 3 is 1.09 bits per heavy atom. The predicted octanol–water partition coefficient (Wildman–Crippen LogP) is -3.41. The van der Waals surface area contributed by atoms with E-state index < -0.39 is 199 Å². The highest BCUT2D eigenvalue weighted by Crippen LogP contribution is 2.22. The van der Waals surface area contributed by atoms with Crippen LogP contribution in [-0.2, 0) is 110 Å². The number of aromatic nitrogens is 1. The molecule has 0 saturated carbocycles. The number of fused-ring (bicyclic) bond motifs is 1. The highest BCUT2D eigenvalue weighted by atomic mass is 16.4. The minimum absolute atomic E-state index is 0.102. The number of amides is 14. The zero-order valence-electron chi connectivity index (χ0n) is 70.5. The molecule has 682 valence electrons. The van der Waals surface area contributed by atoms with Gasteiger partial charge in [-0.25, -0.2) is 4.79 Å². The van der Waals surface area contributed by atoms with Crippen LogP contribution >= 0.6 is 0 Å². The van der Waals surface area contributed by atoms with Crippen LogP contribution in [0.2, 0.25) is 0 Å². The van der Waals surface area contributed by atoms with Gasteiger partial charge in [0.25, 0.3) is 0 Å². The van der Waals surface area contributed by atoms with E-state index in [1.165, 1.54) is 55.5 Å². The molecule has 0 radical (unpaired) electrons. The molecule has 15 atom stereocenters. The van der Waals surface area contributed by atoms with Crippen LogP contribution in [0.1, 0.15) is 99.1 Å². The molecule has 2 unspecified atom stereocenters. The standard InChI is InChI=1S/C88H114N18O21/c1-49(91)76(114)94-47-73(113)95-64(42-55-29-33-58(110)34-30-55)79(117)96-62(27-15-17-37-89)77(115)101-69(45-72(92)112)83(121)99-65(39-52-19-7-4-8-20-52)80(118)98-66(40-53-21-9-5-10-22-53)81(119)100-68(44-57-46-93-61-26-14-13-25-60(57)61)82(120)97-63(28-16-18-38-90)78(116)105-74(50(2)108)86(124)102-67(41-54-23-11-6-12-24-54)84(122)106-75(51(3)109)87(125)104-71(48-107)85(123)103-70(88(126)127)43-56-31-35-59(111)36-32-56/h4-14,19-26,29-36,46,49-51,62-71,74-75,93,107-111H,15-18,27-28,37-45,47-48,89-91H2,1-3H3,(H2,92,112)(H,94,114)(H,95,113)(H,96,117)(H,97,120)(H,98,118)(H,99,121)(H,100,119)(H,101,115)(H,102,124)(H,103,123)(H,104,125)(H,105,116)(H,106,122)(H,126,127)/t49-,50?,51?,62-,63-,64-,65-,66-,67-,68-,69-,70-,71-,74-,75-/m0/s1. The molecule has 0 aliphatic carbocycles. The van der Waals surface area contributed by atoms with Crippen LogP contribution in [0.15, 0.2) is 170 Å². The molecule has 39 nitrogen and oxygen atoms in total.